The van der Waals surface area contributed by atoms with E-state index < -0.39 is 0 Å². The van der Waals surface area contributed by atoms with Crippen molar-refractivity contribution in [3.63, 3.8) is 0 Å². The van der Waals surface area contributed by atoms with E-state index in [-0.39, 0.29) is 0 Å². The van der Waals surface area contributed by atoms with Crippen LogP contribution >= 0.6 is 23.8 Å². The maximum Gasteiger partial charge on any atom is 0.187 e. The Morgan fingerprint density at radius 1 is 1.25 bits per heavy atom. The Hall–Kier alpha value is -2.37. The quantitative estimate of drug-likeness (QED) is 0.340. The number of hydrogen-bond acceptors (Lipinski definition) is 3. The predicted octanol–water partition coefficient (Wildman–Crippen LogP) is 3.90. The van der Waals surface area contributed by atoms with Gasteiger partial charge in [-0.05, 0) is 47.6 Å². The van der Waals surface area contributed by atoms with Crippen LogP contribution in [0.25, 0.3) is 0 Å². The molecule has 24 heavy (non-hydrogen) atoms. The standard InChI is InChI=1S/C18H18ClN3OS/c1-2-9-20-18(24)22-21-12-14-5-4-8-17(11-14)23-13-15-6-3-7-16(19)10-15/h2-8,10-12H,1,9,13H2,(H2,20,22,24)/b21-12+. The molecule has 0 radical (unpaired) electrons. The molecule has 0 aromatic heterocycles. The van der Waals surface area contributed by atoms with Crippen molar-refractivity contribution < 1.29 is 4.74 Å². The number of hydrogen-bond donors (Lipinski definition) is 2. The minimum absolute atomic E-state index is 0.444. The van der Waals surface area contributed by atoms with E-state index in [1.807, 2.05) is 48.5 Å². The average Bonchev–Trinajstić information content (AvgIpc) is 2.59. The smallest absolute Gasteiger partial charge is 0.187 e. The van der Waals surface area contributed by atoms with Crippen LogP contribution in [0.4, 0.5) is 0 Å². The summed E-state index contributed by atoms with van der Waals surface area (Å²) in [5.74, 6) is 0.756. The zero-order chi connectivity index (χ0) is 17.2. The van der Waals surface area contributed by atoms with Crippen LogP contribution in [0.3, 0.4) is 0 Å². The summed E-state index contributed by atoms with van der Waals surface area (Å²) < 4.78 is 5.78. The van der Waals surface area contributed by atoms with E-state index in [2.05, 4.69) is 22.4 Å². The predicted molar refractivity (Wildman–Crippen MR) is 104 cm³/mol. The Kier molecular flexibility index (Phi) is 7.26. The third kappa shape index (κ3) is 6.40. The topological polar surface area (TPSA) is 45.7 Å². The number of hydrazone groups is 1. The Bertz CT molecular complexity index is 734. The molecule has 0 bridgehead atoms. The van der Waals surface area contributed by atoms with Crippen molar-refractivity contribution in [2.24, 2.45) is 5.10 Å². The lowest BCUT2D eigenvalue weighted by molar-refractivity contribution is 0.306. The van der Waals surface area contributed by atoms with Crippen molar-refractivity contribution in [2.75, 3.05) is 6.54 Å². The first kappa shape index (κ1) is 18.0. The number of ether oxygens (including phenoxy) is 1. The summed E-state index contributed by atoms with van der Waals surface area (Å²) in [6, 6.07) is 15.2. The number of benzene rings is 2. The van der Waals surface area contributed by atoms with Crippen molar-refractivity contribution in [2.45, 2.75) is 6.61 Å². The number of nitrogens with zero attached hydrogens (tertiary/aromatic N) is 1. The van der Waals surface area contributed by atoms with E-state index >= 15 is 0 Å². The largest absolute Gasteiger partial charge is 0.489 e. The summed E-state index contributed by atoms with van der Waals surface area (Å²) in [7, 11) is 0. The molecule has 6 heteroatoms. The lowest BCUT2D eigenvalue weighted by atomic mass is 10.2. The van der Waals surface area contributed by atoms with Gasteiger partial charge < -0.3 is 10.1 Å². The molecule has 4 nitrogen and oxygen atoms in total. The molecular weight excluding hydrogens is 342 g/mol. The highest BCUT2D eigenvalue weighted by atomic mass is 35.5. The Morgan fingerprint density at radius 3 is 2.88 bits per heavy atom. The van der Waals surface area contributed by atoms with Gasteiger partial charge in [-0.1, -0.05) is 41.9 Å². The summed E-state index contributed by atoms with van der Waals surface area (Å²) in [5, 5.41) is 8.15. The van der Waals surface area contributed by atoms with Gasteiger partial charge >= 0.3 is 0 Å². The van der Waals surface area contributed by atoms with Gasteiger partial charge in [0.25, 0.3) is 0 Å². The minimum Gasteiger partial charge on any atom is -0.489 e. The van der Waals surface area contributed by atoms with E-state index in [0.29, 0.717) is 23.3 Å². The van der Waals surface area contributed by atoms with Gasteiger partial charge in [0.2, 0.25) is 0 Å². The van der Waals surface area contributed by atoms with Crippen molar-refractivity contribution in [3.8, 4) is 5.75 Å². The third-order valence-electron chi connectivity index (χ3n) is 2.94. The molecule has 2 rings (SSSR count). The normalized spacial score (nSPS) is 10.4. The van der Waals surface area contributed by atoms with E-state index in [1.165, 1.54) is 0 Å². The van der Waals surface area contributed by atoms with Crippen molar-refractivity contribution in [1.29, 1.82) is 0 Å². The van der Waals surface area contributed by atoms with Gasteiger partial charge in [0, 0.05) is 11.6 Å². The molecule has 2 N–H and O–H groups in total. The fraction of sp³-hybridized carbons (Fsp3) is 0.111. The highest BCUT2D eigenvalue weighted by molar-refractivity contribution is 7.80. The molecule has 0 saturated heterocycles. The summed E-state index contributed by atoms with van der Waals surface area (Å²) in [6.45, 7) is 4.65. The van der Waals surface area contributed by atoms with Crippen LogP contribution in [0.1, 0.15) is 11.1 Å². The molecule has 124 valence electrons. The fourth-order valence-corrected chi connectivity index (χ4v) is 2.20. The van der Waals surface area contributed by atoms with E-state index in [0.717, 1.165) is 16.9 Å². The molecule has 0 heterocycles. The number of halogens is 1. The van der Waals surface area contributed by atoms with Crippen molar-refractivity contribution in [3.05, 3.63) is 77.3 Å². The van der Waals surface area contributed by atoms with Gasteiger partial charge in [-0.3, -0.25) is 5.43 Å². The molecular formula is C18H18ClN3OS. The van der Waals surface area contributed by atoms with Gasteiger partial charge in [-0.2, -0.15) is 5.10 Å². The molecule has 0 spiro atoms. The van der Waals surface area contributed by atoms with Gasteiger partial charge in [-0.15, -0.1) is 6.58 Å². The molecule has 0 aliphatic rings. The molecule has 2 aromatic carbocycles. The van der Waals surface area contributed by atoms with Crippen LogP contribution in [-0.2, 0) is 6.61 Å². The maximum absolute atomic E-state index is 5.97. The molecule has 0 aliphatic carbocycles. The number of rotatable bonds is 7. The Balaban J connectivity index is 1.89. The van der Waals surface area contributed by atoms with Gasteiger partial charge in [0.1, 0.15) is 12.4 Å². The van der Waals surface area contributed by atoms with Gasteiger partial charge in [0.15, 0.2) is 5.11 Å². The Morgan fingerprint density at radius 2 is 2.08 bits per heavy atom. The van der Waals surface area contributed by atoms with E-state index in [1.54, 1.807) is 12.3 Å². The summed E-state index contributed by atoms with van der Waals surface area (Å²) in [5.41, 5.74) is 4.65. The number of nitrogens with one attached hydrogen (secondary N) is 2. The lowest BCUT2D eigenvalue weighted by Crippen LogP contribution is -2.31. The van der Waals surface area contributed by atoms with Crippen LogP contribution in [0, 0.1) is 0 Å². The average molecular weight is 360 g/mol. The van der Waals surface area contributed by atoms with Crippen LogP contribution < -0.4 is 15.5 Å². The molecule has 0 unspecified atom stereocenters. The summed E-state index contributed by atoms with van der Waals surface area (Å²) >= 11 is 11.0. The van der Waals surface area contributed by atoms with Crippen molar-refractivity contribution in [1.82, 2.24) is 10.7 Å². The monoisotopic (exact) mass is 359 g/mol. The molecule has 0 amide bonds. The third-order valence-corrected chi connectivity index (χ3v) is 3.41. The molecule has 0 aliphatic heterocycles. The number of thiocarbonyl (C=S) groups is 1. The SMILES string of the molecule is C=CCNC(=S)N/N=C/c1cccc(OCc2cccc(Cl)c2)c1. The van der Waals surface area contributed by atoms with E-state index in [9.17, 15) is 0 Å². The summed E-state index contributed by atoms with van der Waals surface area (Å²) in [6.07, 6.45) is 3.40. The van der Waals surface area contributed by atoms with Gasteiger partial charge in [0.05, 0.1) is 6.21 Å². The van der Waals surface area contributed by atoms with Crippen LogP contribution in [-0.4, -0.2) is 17.9 Å². The molecule has 2 aromatic rings. The highest BCUT2D eigenvalue weighted by Gasteiger charge is 1.98. The fourth-order valence-electron chi connectivity index (χ4n) is 1.85. The van der Waals surface area contributed by atoms with Crippen LogP contribution in [0.15, 0.2) is 66.3 Å². The Labute approximate surface area is 152 Å². The second kappa shape index (κ2) is 9.70. The minimum atomic E-state index is 0.444. The first-order chi connectivity index (χ1) is 11.7. The molecule has 0 atom stereocenters. The van der Waals surface area contributed by atoms with Gasteiger partial charge in [-0.25, -0.2) is 0 Å². The molecule has 0 saturated carbocycles. The first-order valence-corrected chi connectivity index (χ1v) is 8.11. The second-order valence-electron chi connectivity index (χ2n) is 4.86. The van der Waals surface area contributed by atoms with E-state index in [4.69, 9.17) is 28.6 Å². The molecule has 0 fully saturated rings. The zero-order valence-electron chi connectivity index (χ0n) is 13.0. The van der Waals surface area contributed by atoms with Crippen LogP contribution in [0.5, 0.6) is 5.75 Å². The first-order valence-electron chi connectivity index (χ1n) is 7.32. The van der Waals surface area contributed by atoms with Crippen molar-refractivity contribution >= 4 is 35.1 Å². The highest BCUT2D eigenvalue weighted by Crippen LogP contribution is 2.16. The second-order valence-corrected chi connectivity index (χ2v) is 5.70. The summed E-state index contributed by atoms with van der Waals surface area (Å²) in [4.78, 5) is 0. The lowest BCUT2D eigenvalue weighted by Gasteiger charge is -2.07. The van der Waals surface area contributed by atoms with Crippen LogP contribution in [0.2, 0.25) is 5.02 Å². The zero-order valence-corrected chi connectivity index (χ0v) is 14.6. The maximum atomic E-state index is 5.97.